The highest BCUT2D eigenvalue weighted by molar-refractivity contribution is 6.33. The van der Waals surface area contributed by atoms with E-state index in [1.807, 2.05) is 6.92 Å². The standard InChI is InChI=1S/C24H24Cl2N4O4/c1-24(4-5-24)34-23(31)30-10-16-12-32-13-17(11-30)22(16)33-20-9-28-29-19(21(20)26)7-15-3-2-14(8-27)6-18(15)25/h2-3,6,9,16-17,22H,4-5,7,10-13H2,1H3. The second kappa shape index (κ2) is 9.21. The van der Waals surface area contributed by atoms with Gasteiger partial charge in [-0.15, -0.1) is 0 Å². The van der Waals surface area contributed by atoms with Crippen LogP contribution >= 0.6 is 23.2 Å². The summed E-state index contributed by atoms with van der Waals surface area (Å²) >= 11 is 13.0. The fourth-order valence-corrected chi connectivity index (χ4v) is 4.92. The number of hydrogen-bond donors (Lipinski definition) is 0. The smallest absolute Gasteiger partial charge is 0.410 e. The Morgan fingerprint density at radius 2 is 2.03 bits per heavy atom. The Hall–Kier alpha value is -2.60. The highest BCUT2D eigenvalue weighted by Gasteiger charge is 2.47. The molecule has 1 amide bonds. The van der Waals surface area contributed by atoms with Crippen LogP contribution in [0.25, 0.3) is 0 Å². The second-order valence-corrected chi connectivity index (χ2v) is 10.2. The first-order valence-corrected chi connectivity index (χ1v) is 12.0. The Kier molecular flexibility index (Phi) is 6.28. The van der Waals surface area contributed by atoms with Crippen molar-refractivity contribution in [1.29, 1.82) is 5.26 Å². The van der Waals surface area contributed by atoms with E-state index in [4.69, 9.17) is 42.7 Å². The van der Waals surface area contributed by atoms with Gasteiger partial charge in [-0.2, -0.15) is 15.5 Å². The predicted octanol–water partition coefficient (Wildman–Crippen LogP) is 4.26. The third-order valence-electron chi connectivity index (χ3n) is 6.68. The summed E-state index contributed by atoms with van der Waals surface area (Å²) in [6.07, 6.45) is 3.27. The minimum atomic E-state index is -0.305. The molecule has 34 heavy (non-hydrogen) atoms. The molecule has 3 fully saturated rings. The van der Waals surface area contributed by atoms with Crippen molar-refractivity contribution in [3.8, 4) is 11.8 Å². The number of amides is 1. The molecule has 1 aliphatic carbocycles. The van der Waals surface area contributed by atoms with Gasteiger partial charge in [0.25, 0.3) is 0 Å². The number of ether oxygens (including phenoxy) is 3. The third-order valence-corrected chi connectivity index (χ3v) is 7.43. The molecule has 2 unspecified atom stereocenters. The maximum absolute atomic E-state index is 12.6. The molecule has 1 saturated carbocycles. The highest BCUT2D eigenvalue weighted by Crippen LogP contribution is 2.40. The van der Waals surface area contributed by atoms with Gasteiger partial charge in [0.15, 0.2) is 5.75 Å². The predicted molar refractivity (Wildman–Crippen MR) is 124 cm³/mol. The van der Waals surface area contributed by atoms with Crippen molar-refractivity contribution in [2.75, 3.05) is 26.3 Å². The molecule has 178 valence electrons. The Balaban J connectivity index is 1.30. The molecule has 2 bridgehead atoms. The monoisotopic (exact) mass is 502 g/mol. The molecule has 2 saturated heterocycles. The molecule has 3 heterocycles. The summed E-state index contributed by atoms with van der Waals surface area (Å²) < 4.78 is 17.8. The first-order chi connectivity index (χ1) is 16.3. The van der Waals surface area contributed by atoms with E-state index in [1.165, 1.54) is 6.20 Å². The van der Waals surface area contributed by atoms with Gasteiger partial charge < -0.3 is 19.1 Å². The van der Waals surface area contributed by atoms with Gasteiger partial charge >= 0.3 is 6.09 Å². The minimum Gasteiger partial charge on any atom is -0.486 e. The normalized spacial score (nSPS) is 24.8. The summed E-state index contributed by atoms with van der Waals surface area (Å²) in [4.78, 5) is 14.4. The first kappa shape index (κ1) is 23.2. The second-order valence-electron chi connectivity index (χ2n) is 9.43. The van der Waals surface area contributed by atoms with Crippen LogP contribution in [0.3, 0.4) is 0 Å². The Labute approximate surface area is 207 Å². The fourth-order valence-electron chi connectivity index (χ4n) is 4.47. The summed E-state index contributed by atoms with van der Waals surface area (Å²) in [5.41, 5.74) is 1.50. The number of aromatic nitrogens is 2. The van der Waals surface area contributed by atoms with Crippen LogP contribution in [-0.4, -0.2) is 59.2 Å². The molecule has 8 nitrogen and oxygen atoms in total. The third kappa shape index (κ3) is 4.78. The van der Waals surface area contributed by atoms with Crippen LogP contribution in [0, 0.1) is 23.2 Å². The Morgan fingerprint density at radius 1 is 1.29 bits per heavy atom. The molecule has 5 rings (SSSR count). The SMILES string of the molecule is CC1(OC(=O)N2CC3COCC(C2)C3Oc2cnnc(Cc3ccc(C#N)cc3Cl)c2Cl)CC1. The summed E-state index contributed by atoms with van der Waals surface area (Å²) in [5, 5.41) is 18.1. The van der Waals surface area contributed by atoms with Crippen LogP contribution in [0.4, 0.5) is 4.79 Å². The molecule has 1 aromatic heterocycles. The number of likely N-dealkylation sites (tertiary alicyclic amines) is 1. The lowest BCUT2D eigenvalue weighted by atomic mass is 9.84. The molecular formula is C24H24Cl2N4O4. The van der Waals surface area contributed by atoms with Crippen molar-refractivity contribution in [2.45, 2.75) is 37.9 Å². The zero-order valence-corrected chi connectivity index (χ0v) is 20.2. The lowest BCUT2D eigenvalue weighted by Gasteiger charge is -2.46. The Bertz CT molecular complexity index is 1140. The molecule has 0 radical (unpaired) electrons. The molecular weight excluding hydrogens is 479 g/mol. The largest absolute Gasteiger partial charge is 0.486 e. The van der Waals surface area contributed by atoms with E-state index in [-0.39, 0.29) is 29.6 Å². The number of benzene rings is 1. The lowest BCUT2D eigenvalue weighted by Crippen LogP contribution is -2.59. The zero-order chi connectivity index (χ0) is 23.9. The van der Waals surface area contributed by atoms with E-state index in [2.05, 4.69) is 16.3 Å². The van der Waals surface area contributed by atoms with E-state index in [9.17, 15) is 4.79 Å². The number of piperidine rings is 1. The van der Waals surface area contributed by atoms with Gasteiger partial charge in [-0.05, 0) is 37.5 Å². The molecule has 3 aliphatic rings. The van der Waals surface area contributed by atoms with E-state index in [0.29, 0.717) is 59.8 Å². The van der Waals surface area contributed by atoms with Crippen molar-refractivity contribution in [3.63, 3.8) is 0 Å². The number of nitrogens with zero attached hydrogens (tertiary/aromatic N) is 4. The molecule has 10 heteroatoms. The van der Waals surface area contributed by atoms with Crippen LogP contribution in [-0.2, 0) is 15.9 Å². The fraction of sp³-hybridized carbons (Fsp3) is 0.500. The number of fused-ring (bicyclic) bond motifs is 2. The van der Waals surface area contributed by atoms with E-state index in [0.717, 1.165) is 18.4 Å². The quantitative estimate of drug-likeness (QED) is 0.602. The summed E-state index contributed by atoms with van der Waals surface area (Å²) in [6.45, 7) is 3.95. The summed E-state index contributed by atoms with van der Waals surface area (Å²) in [6, 6.07) is 7.16. The summed E-state index contributed by atoms with van der Waals surface area (Å²) in [7, 11) is 0. The van der Waals surface area contributed by atoms with Gasteiger partial charge in [0.05, 0.1) is 36.7 Å². The van der Waals surface area contributed by atoms with Gasteiger partial charge in [-0.3, -0.25) is 0 Å². The van der Waals surface area contributed by atoms with Crippen molar-refractivity contribution in [1.82, 2.24) is 15.1 Å². The van der Waals surface area contributed by atoms with Crippen LogP contribution < -0.4 is 4.74 Å². The molecule has 2 atom stereocenters. The molecule has 1 aromatic carbocycles. The van der Waals surface area contributed by atoms with Gasteiger partial charge in [0.1, 0.15) is 16.7 Å². The minimum absolute atomic E-state index is 0.00675. The number of rotatable bonds is 5. The van der Waals surface area contributed by atoms with E-state index >= 15 is 0 Å². The van der Waals surface area contributed by atoms with Crippen molar-refractivity contribution < 1.29 is 19.0 Å². The van der Waals surface area contributed by atoms with E-state index in [1.54, 1.807) is 23.1 Å². The number of halogens is 2. The van der Waals surface area contributed by atoms with Crippen LogP contribution in [0.5, 0.6) is 5.75 Å². The zero-order valence-electron chi connectivity index (χ0n) is 18.7. The maximum Gasteiger partial charge on any atom is 0.410 e. The van der Waals surface area contributed by atoms with Crippen molar-refractivity contribution >= 4 is 29.3 Å². The number of carbonyl (C=O) groups excluding carboxylic acids is 1. The summed E-state index contributed by atoms with van der Waals surface area (Å²) in [5.74, 6) is 0.431. The first-order valence-electron chi connectivity index (χ1n) is 11.3. The maximum atomic E-state index is 12.6. The van der Waals surface area contributed by atoms with Crippen LogP contribution in [0.15, 0.2) is 24.4 Å². The van der Waals surface area contributed by atoms with Gasteiger partial charge in [0.2, 0.25) is 0 Å². The molecule has 0 spiro atoms. The van der Waals surface area contributed by atoms with Gasteiger partial charge in [-0.1, -0.05) is 29.3 Å². The highest BCUT2D eigenvalue weighted by atomic mass is 35.5. The average molecular weight is 503 g/mol. The number of carbonyl (C=O) groups is 1. The molecule has 2 aromatic rings. The van der Waals surface area contributed by atoms with Crippen molar-refractivity contribution in [2.24, 2.45) is 11.8 Å². The average Bonchev–Trinajstić information content (AvgIpc) is 3.53. The molecule has 0 N–H and O–H groups in total. The Morgan fingerprint density at radius 3 is 2.68 bits per heavy atom. The number of nitriles is 1. The molecule has 2 aliphatic heterocycles. The topological polar surface area (TPSA) is 97.6 Å². The van der Waals surface area contributed by atoms with Crippen molar-refractivity contribution in [3.05, 3.63) is 51.3 Å². The lowest BCUT2D eigenvalue weighted by molar-refractivity contribution is -0.110. The van der Waals surface area contributed by atoms with Gasteiger partial charge in [0, 0.05) is 36.4 Å². The van der Waals surface area contributed by atoms with Crippen LogP contribution in [0.2, 0.25) is 10.0 Å². The van der Waals surface area contributed by atoms with Gasteiger partial charge in [-0.25, -0.2) is 4.79 Å². The van der Waals surface area contributed by atoms with E-state index < -0.39 is 0 Å². The van der Waals surface area contributed by atoms with Crippen LogP contribution in [0.1, 0.15) is 36.6 Å². The number of hydrogen-bond acceptors (Lipinski definition) is 7.